The topological polar surface area (TPSA) is 201 Å². The number of alkyl halides is 2. The number of nitro benzene ring substituents is 1. The molecule has 5 aliphatic rings. The fraction of sp³-hybridized carbons (Fsp3) is 0.490. The predicted octanol–water partition coefficient (Wildman–Crippen LogP) is 9.46. The van der Waals surface area contributed by atoms with Gasteiger partial charge in [-0.1, -0.05) is 44.5 Å². The summed E-state index contributed by atoms with van der Waals surface area (Å²) < 4.78 is 74.6. The zero-order chi connectivity index (χ0) is 49.1. The van der Waals surface area contributed by atoms with Gasteiger partial charge < -0.3 is 34.5 Å². The van der Waals surface area contributed by atoms with E-state index >= 15 is 0 Å². The summed E-state index contributed by atoms with van der Waals surface area (Å²) >= 11 is 0. The van der Waals surface area contributed by atoms with Crippen LogP contribution in [-0.2, 0) is 10.0 Å². The third-order valence-corrected chi connectivity index (χ3v) is 16.9. The molecule has 4 N–H and O–H groups in total. The number of aromatic nitrogens is 2. The molecular formula is C51H59F2N7O9S. The van der Waals surface area contributed by atoms with Crippen molar-refractivity contribution in [3.05, 3.63) is 99.7 Å². The van der Waals surface area contributed by atoms with Crippen LogP contribution in [0.3, 0.4) is 0 Å². The van der Waals surface area contributed by atoms with Crippen LogP contribution in [0.2, 0.25) is 0 Å². The van der Waals surface area contributed by atoms with E-state index in [1.807, 2.05) is 4.72 Å². The molecule has 10 rings (SSSR count). The van der Waals surface area contributed by atoms with Gasteiger partial charge in [-0.15, -0.1) is 0 Å². The number of halogens is 2. The maximum atomic E-state index is 14.2. The van der Waals surface area contributed by atoms with Gasteiger partial charge in [0, 0.05) is 67.7 Å². The first-order chi connectivity index (χ1) is 33.4. The summed E-state index contributed by atoms with van der Waals surface area (Å²) in [7, 11) is -4.81. The highest BCUT2D eigenvalue weighted by atomic mass is 32.2. The normalized spacial score (nSPS) is 24.5. The molecule has 0 unspecified atom stereocenters. The number of carbonyl (C=O) groups is 1. The maximum Gasteiger partial charge on any atom is 0.388 e. The van der Waals surface area contributed by atoms with Crippen molar-refractivity contribution in [2.45, 2.75) is 120 Å². The van der Waals surface area contributed by atoms with Gasteiger partial charge in [-0.25, -0.2) is 13.1 Å². The molecule has 2 aromatic heterocycles. The molecule has 2 saturated carbocycles. The first-order valence-electron chi connectivity index (χ1n) is 24.3. The van der Waals surface area contributed by atoms with E-state index in [0.29, 0.717) is 67.7 Å². The van der Waals surface area contributed by atoms with E-state index in [9.17, 15) is 37.2 Å². The summed E-state index contributed by atoms with van der Waals surface area (Å²) in [6, 6.07) is 18.8. The Morgan fingerprint density at radius 2 is 1.76 bits per heavy atom. The van der Waals surface area contributed by atoms with Crippen LogP contribution in [0.15, 0.2) is 77.8 Å². The second kappa shape index (κ2) is 18.6. The number of aromatic amines is 1. The molecule has 19 heteroatoms. The summed E-state index contributed by atoms with van der Waals surface area (Å²) in [6.07, 6.45) is 9.49. The number of likely N-dealkylation sites (tertiary alicyclic amines) is 1. The van der Waals surface area contributed by atoms with Crippen LogP contribution < -0.4 is 29.1 Å². The van der Waals surface area contributed by atoms with Gasteiger partial charge >= 0.3 is 6.61 Å². The fourth-order valence-corrected chi connectivity index (χ4v) is 12.7. The number of ether oxygens (including phenoxy) is 3. The molecule has 1 amide bonds. The number of hydrogen-bond acceptors (Lipinski definition) is 13. The van der Waals surface area contributed by atoms with Crippen molar-refractivity contribution in [3.8, 4) is 23.1 Å². The van der Waals surface area contributed by atoms with Crippen molar-refractivity contribution in [3.63, 3.8) is 0 Å². The molecule has 2 saturated heterocycles. The quantitative estimate of drug-likeness (QED) is 0.0643. The first-order valence-corrected chi connectivity index (χ1v) is 25.8. The van der Waals surface area contributed by atoms with Crippen molar-refractivity contribution in [1.82, 2.24) is 19.6 Å². The average Bonchev–Trinajstić information content (AvgIpc) is 4.00. The summed E-state index contributed by atoms with van der Waals surface area (Å²) in [5, 5.41) is 26.6. The highest BCUT2D eigenvalue weighted by Gasteiger charge is 2.49. The molecule has 5 heterocycles. The van der Waals surface area contributed by atoms with E-state index < -0.39 is 49.5 Å². The molecule has 2 aliphatic carbocycles. The number of pyridine rings is 1. The standard InChI is InChI=1S/C51H59F2N7O9S/c1-30(2)35-7-4-5-8-36(35)37-9-6-10-40(37)59-28-51(29-59)18-21-58(22-19-51)33-11-12-38(42(24-33)68-44-23-32-15-20-54-46(32)56-48(44)69-49(52)53)47(61)57-70(65,66)34-25-41(60(63)64)45-43(26-34)67-27-39(55-45)31-13-16-50(3,62)17-14-31/h4-5,7-8,11-12,15,20,23-26,30-31,37,39-40,49,55,62H,6,9-10,13-14,16-19,21-22,27-29H2,1-3H3,(H,54,56)(H,57,61)/t31?,37-,39-,40-,50?/m1/s1. The number of hydrogen-bond donors (Lipinski definition) is 4. The van der Waals surface area contributed by atoms with Crippen molar-refractivity contribution >= 4 is 44.0 Å². The number of nitrogens with zero attached hydrogens (tertiary/aromatic N) is 4. The molecule has 70 heavy (non-hydrogen) atoms. The average molecular weight is 984 g/mol. The summed E-state index contributed by atoms with van der Waals surface area (Å²) in [6.45, 7) is 6.59. The maximum absolute atomic E-state index is 14.2. The van der Waals surface area contributed by atoms with Crippen LogP contribution in [0.5, 0.6) is 23.1 Å². The first kappa shape index (κ1) is 47.6. The number of benzene rings is 3. The molecule has 372 valence electrons. The molecule has 3 aliphatic heterocycles. The molecule has 3 aromatic carbocycles. The highest BCUT2D eigenvalue weighted by molar-refractivity contribution is 7.90. The number of nitro groups is 1. The van der Waals surface area contributed by atoms with Gasteiger partial charge in [-0.2, -0.15) is 13.8 Å². The largest absolute Gasteiger partial charge is 0.489 e. The zero-order valence-electron chi connectivity index (χ0n) is 39.5. The monoisotopic (exact) mass is 983 g/mol. The van der Waals surface area contributed by atoms with Gasteiger partial charge in [0.05, 0.1) is 27.0 Å². The summed E-state index contributed by atoms with van der Waals surface area (Å²) in [5.74, 6) is -1.15. The zero-order valence-corrected chi connectivity index (χ0v) is 40.3. The van der Waals surface area contributed by atoms with Gasteiger partial charge in [-0.05, 0) is 117 Å². The molecule has 0 radical (unpaired) electrons. The number of anilines is 2. The summed E-state index contributed by atoms with van der Waals surface area (Å²) in [4.78, 5) is 37.2. The number of amides is 1. The number of H-pyrrole nitrogens is 1. The van der Waals surface area contributed by atoms with Crippen LogP contribution in [0.25, 0.3) is 11.0 Å². The Bertz CT molecular complexity index is 2900. The smallest absolute Gasteiger partial charge is 0.388 e. The minimum absolute atomic E-state index is 0.0222. The number of aliphatic hydroxyl groups is 1. The van der Waals surface area contributed by atoms with Crippen molar-refractivity contribution in [2.24, 2.45) is 11.3 Å². The molecule has 1 spiro atoms. The Kier molecular flexibility index (Phi) is 12.7. The van der Waals surface area contributed by atoms with Crippen molar-refractivity contribution in [2.75, 3.05) is 43.0 Å². The Balaban J connectivity index is 0.888. The number of carbonyl (C=O) groups excluding carboxylic acids is 1. The number of sulfonamides is 1. The van der Waals surface area contributed by atoms with Crippen molar-refractivity contribution < 1.29 is 46.2 Å². The van der Waals surface area contributed by atoms with E-state index in [4.69, 9.17) is 14.2 Å². The summed E-state index contributed by atoms with van der Waals surface area (Å²) in [5.41, 5.74) is 2.42. The molecular weight excluding hydrogens is 925 g/mol. The Hall–Kier alpha value is -6.05. The van der Waals surface area contributed by atoms with Crippen LogP contribution >= 0.6 is 0 Å². The van der Waals surface area contributed by atoms with Gasteiger partial charge in [0.1, 0.15) is 18.0 Å². The third-order valence-electron chi connectivity index (χ3n) is 15.5. The van der Waals surface area contributed by atoms with E-state index in [0.717, 1.165) is 38.1 Å². The third kappa shape index (κ3) is 9.46. The van der Waals surface area contributed by atoms with E-state index in [1.54, 1.807) is 31.3 Å². The van der Waals surface area contributed by atoms with E-state index in [-0.39, 0.29) is 58.1 Å². The molecule has 4 fully saturated rings. The number of piperidine rings is 1. The second-order valence-corrected chi connectivity index (χ2v) is 22.2. The lowest BCUT2D eigenvalue weighted by molar-refractivity contribution is -0.384. The van der Waals surface area contributed by atoms with Crippen LogP contribution in [0.4, 0.5) is 25.8 Å². The predicted molar refractivity (Wildman–Crippen MR) is 259 cm³/mol. The molecule has 16 nitrogen and oxygen atoms in total. The highest BCUT2D eigenvalue weighted by Crippen LogP contribution is 2.50. The van der Waals surface area contributed by atoms with Gasteiger partial charge in [0.15, 0.2) is 17.2 Å². The minimum atomic E-state index is -4.81. The molecule has 3 atom stereocenters. The van der Waals surface area contributed by atoms with Crippen LogP contribution in [0, 0.1) is 21.4 Å². The van der Waals surface area contributed by atoms with E-state index in [1.165, 1.54) is 42.5 Å². The molecule has 0 bridgehead atoms. The lowest BCUT2D eigenvalue weighted by atomic mass is 9.70. The lowest BCUT2D eigenvalue weighted by Crippen LogP contribution is -2.63. The van der Waals surface area contributed by atoms with Crippen LogP contribution in [0.1, 0.15) is 112 Å². The van der Waals surface area contributed by atoms with Gasteiger partial charge in [0.2, 0.25) is 0 Å². The lowest BCUT2D eigenvalue weighted by Gasteiger charge is -2.57. The molecule has 5 aromatic rings. The van der Waals surface area contributed by atoms with Gasteiger partial charge in [-0.3, -0.25) is 19.8 Å². The Morgan fingerprint density at radius 3 is 2.49 bits per heavy atom. The number of nitrogens with one attached hydrogen (secondary N) is 3. The minimum Gasteiger partial charge on any atom is -0.489 e. The Morgan fingerprint density at radius 1 is 1.00 bits per heavy atom. The second-order valence-electron chi connectivity index (χ2n) is 20.6. The number of rotatable bonds is 13. The fourth-order valence-electron chi connectivity index (χ4n) is 11.7. The van der Waals surface area contributed by atoms with E-state index in [2.05, 4.69) is 63.2 Å². The van der Waals surface area contributed by atoms with Gasteiger partial charge in [0.25, 0.3) is 27.5 Å². The SMILES string of the molecule is CC(C)c1ccccc1[C@H]1CCC[C@H]1N1CC2(CCN(c3ccc(C(=O)NS(=O)(=O)c4cc5c(c([N+](=O)[O-])c4)N[C@@H](C4CCC(C)(O)CC4)CO5)c(Oc4cc5cc[nH]c5nc4OC(F)F)c3)CC2)C1. The van der Waals surface area contributed by atoms with Crippen LogP contribution in [-0.4, -0.2) is 96.3 Å². The Labute approximate surface area is 405 Å². The van der Waals surface area contributed by atoms with Crippen molar-refractivity contribution in [1.29, 1.82) is 0 Å². The number of fused-ring (bicyclic) bond motifs is 2.